The first-order valence-electron chi connectivity index (χ1n) is 13.4. The van der Waals surface area contributed by atoms with E-state index in [1.807, 2.05) is 11.3 Å². The zero-order chi connectivity index (χ0) is 24.4. The number of unbranched alkanes of at least 4 members (excludes halogenated alkanes) is 5. The number of ether oxygens (including phenoxy) is 1. The monoisotopic (exact) mass is 492 g/mol. The van der Waals surface area contributed by atoms with Gasteiger partial charge in [-0.15, -0.1) is 11.3 Å². The number of aryl methyl sites for hydroxylation is 1. The molecule has 184 valence electrons. The topological polar surface area (TPSA) is 9.23 Å². The molecule has 0 radical (unpaired) electrons. The van der Waals surface area contributed by atoms with Gasteiger partial charge in [0, 0.05) is 9.75 Å². The van der Waals surface area contributed by atoms with Gasteiger partial charge in [-0.05, 0) is 85.2 Å². The van der Waals surface area contributed by atoms with Crippen LogP contribution in [0.3, 0.4) is 0 Å². The van der Waals surface area contributed by atoms with Crippen LogP contribution in [0.15, 0.2) is 60.7 Å². The van der Waals surface area contributed by atoms with Gasteiger partial charge in [-0.2, -0.15) is 0 Å². The normalized spacial score (nSPS) is 14.1. The molecule has 0 N–H and O–H groups in total. The van der Waals surface area contributed by atoms with Crippen molar-refractivity contribution < 1.29 is 4.74 Å². The van der Waals surface area contributed by atoms with E-state index in [4.69, 9.17) is 4.74 Å². The summed E-state index contributed by atoms with van der Waals surface area (Å²) in [5, 5.41) is -0.0203. The largest absolute Gasteiger partial charge is 0.492 e. The maximum Gasteiger partial charge on any atom is 0.119 e. The van der Waals surface area contributed by atoms with Crippen molar-refractivity contribution >= 4 is 21.6 Å². The van der Waals surface area contributed by atoms with Gasteiger partial charge in [0.05, 0.1) is 15.5 Å². The second-order valence-corrected chi connectivity index (χ2v) is 13.4. The predicted octanol–water partition coefficient (Wildman–Crippen LogP) is 8.88. The zero-order valence-electron chi connectivity index (χ0n) is 22.0. The van der Waals surface area contributed by atoms with E-state index in [1.165, 1.54) is 84.2 Å². The molecule has 3 rings (SSSR count). The van der Waals surface area contributed by atoms with Crippen LogP contribution >= 0.6 is 11.3 Å². The molecule has 1 nitrogen and oxygen atoms in total. The molecule has 0 aliphatic heterocycles. The first kappa shape index (κ1) is 26.8. The maximum atomic E-state index is 6.48. The average molecular weight is 493 g/mol. The summed E-state index contributed by atoms with van der Waals surface area (Å²) in [4.78, 5) is 2.65. The Kier molecular flexibility index (Phi) is 10.5. The van der Waals surface area contributed by atoms with Crippen molar-refractivity contribution in [2.45, 2.75) is 90.7 Å². The molecule has 0 saturated heterocycles. The van der Waals surface area contributed by atoms with Crippen LogP contribution in [0.25, 0.3) is 20.9 Å². The van der Waals surface area contributed by atoms with Crippen molar-refractivity contribution in [3.63, 3.8) is 0 Å². The van der Waals surface area contributed by atoms with Crippen LogP contribution in [-0.2, 0) is 6.42 Å². The molecule has 1 heterocycles. The van der Waals surface area contributed by atoms with Gasteiger partial charge in [-0.1, -0.05) is 83.6 Å². The van der Waals surface area contributed by atoms with E-state index in [9.17, 15) is 0 Å². The lowest BCUT2D eigenvalue weighted by atomic mass is 9.97. The van der Waals surface area contributed by atoms with E-state index in [-0.39, 0.29) is 5.22 Å². The Labute approximate surface area is 215 Å². The first-order chi connectivity index (χ1) is 16.4. The van der Waals surface area contributed by atoms with Crippen LogP contribution < -0.4 is 4.74 Å². The van der Waals surface area contributed by atoms with Gasteiger partial charge in [-0.25, -0.2) is 0 Å². The fraction of sp³-hybridized carbons (Fsp3) is 0.484. The lowest BCUT2D eigenvalue weighted by Gasteiger charge is -2.33. The van der Waals surface area contributed by atoms with E-state index in [2.05, 4.69) is 88.4 Å². The van der Waals surface area contributed by atoms with Crippen LogP contribution in [0.2, 0.25) is 0 Å². The summed E-state index contributed by atoms with van der Waals surface area (Å²) in [6.45, 7) is 9.17. The molecule has 0 saturated carbocycles. The highest BCUT2D eigenvalue weighted by molar-refractivity contribution is 7.18. The van der Waals surface area contributed by atoms with Crippen LogP contribution in [-0.4, -0.2) is 15.5 Å². The number of hydrogen-bond donors (Lipinski definition) is 0. The van der Waals surface area contributed by atoms with Gasteiger partial charge in [0.25, 0.3) is 0 Å². The summed E-state index contributed by atoms with van der Waals surface area (Å²) in [6.07, 6.45) is 11.6. The molecule has 3 heteroatoms. The quantitative estimate of drug-likeness (QED) is 0.161. The Morgan fingerprint density at radius 3 is 1.91 bits per heavy atom. The Balaban J connectivity index is 1.59. The summed E-state index contributed by atoms with van der Waals surface area (Å²) in [5.74, 6) is 1.59. The minimum Gasteiger partial charge on any atom is -0.492 e. The van der Waals surface area contributed by atoms with Gasteiger partial charge in [0.1, 0.15) is 5.75 Å². The molecule has 34 heavy (non-hydrogen) atoms. The zero-order valence-corrected chi connectivity index (χ0v) is 24.8. The summed E-state index contributed by atoms with van der Waals surface area (Å²) in [6, 6.07) is 22.4. The number of benzene rings is 2. The molecule has 0 fully saturated rings. The molecule has 2 aromatic carbocycles. The molecule has 0 aliphatic carbocycles. The molecule has 1 aromatic heterocycles. The lowest BCUT2D eigenvalue weighted by molar-refractivity contribution is 0.110. The van der Waals surface area contributed by atoms with Crippen LogP contribution in [0.4, 0.5) is 0 Å². The number of thiophene rings is 1. The van der Waals surface area contributed by atoms with Gasteiger partial charge < -0.3 is 4.74 Å². The average Bonchev–Trinajstić information content (AvgIpc) is 3.33. The van der Waals surface area contributed by atoms with Gasteiger partial charge >= 0.3 is 0 Å². The minimum atomic E-state index is -0.0203. The van der Waals surface area contributed by atoms with E-state index in [0.717, 1.165) is 16.0 Å². The molecule has 0 amide bonds. The summed E-state index contributed by atoms with van der Waals surface area (Å²) in [5.41, 5.74) is 4.04. The van der Waals surface area contributed by atoms with Crippen molar-refractivity contribution in [2.75, 3.05) is 0 Å². The SMILES string of the molecule is CCCCCCc1ccc(-c2ccc(-c3ccc(OC(C)([SiH3])C(C)CCCCC)cc3)s2)cc1. The molecule has 2 atom stereocenters. The Bertz CT molecular complexity index is 971. The third-order valence-corrected chi connectivity index (χ3v) is 9.48. The van der Waals surface area contributed by atoms with Gasteiger partial charge in [0.15, 0.2) is 0 Å². The van der Waals surface area contributed by atoms with Crippen molar-refractivity contribution in [1.82, 2.24) is 0 Å². The van der Waals surface area contributed by atoms with E-state index in [0.29, 0.717) is 5.92 Å². The van der Waals surface area contributed by atoms with E-state index >= 15 is 0 Å². The molecular weight excluding hydrogens is 448 g/mol. The highest BCUT2D eigenvalue weighted by Gasteiger charge is 2.27. The Morgan fingerprint density at radius 1 is 0.765 bits per heavy atom. The predicted molar refractivity (Wildman–Crippen MR) is 155 cm³/mol. The summed E-state index contributed by atoms with van der Waals surface area (Å²) < 4.78 is 6.48. The van der Waals surface area contributed by atoms with Crippen molar-refractivity contribution in [3.8, 4) is 26.6 Å². The highest BCUT2D eigenvalue weighted by Crippen LogP contribution is 2.36. The second kappa shape index (κ2) is 13.3. The summed E-state index contributed by atoms with van der Waals surface area (Å²) >= 11 is 1.87. The fourth-order valence-corrected chi connectivity index (χ4v) is 5.92. The molecule has 2 unspecified atom stereocenters. The van der Waals surface area contributed by atoms with Gasteiger partial charge in [-0.3, -0.25) is 0 Å². The third-order valence-electron chi connectivity index (χ3n) is 7.11. The number of rotatable bonds is 14. The standard InChI is InChI=1S/C31H44OSSi/c1-5-7-9-11-13-25-14-16-26(17-15-25)29-22-23-30(33-29)27-18-20-28(21-19-27)32-31(4,34)24(3)12-10-8-6-2/h14-24H,5-13H2,1-4,34H3. The molecule has 0 bridgehead atoms. The van der Waals surface area contributed by atoms with Crippen LogP contribution in [0.5, 0.6) is 5.75 Å². The maximum absolute atomic E-state index is 6.48. The Hall–Kier alpha value is -1.84. The number of hydrogen-bond acceptors (Lipinski definition) is 2. The molecular formula is C31H44OSSi. The second-order valence-electron chi connectivity index (χ2n) is 10.3. The van der Waals surface area contributed by atoms with Crippen molar-refractivity contribution in [1.29, 1.82) is 0 Å². The van der Waals surface area contributed by atoms with E-state index in [1.54, 1.807) is 0 Å². The smallest absolute Gasteiger partial charge is 0.119 e. The van der Waals surface area contributed by atoms with Crippen LogP contribution in [0, 0.1) is 5.92 Å². The van der Waals surface area contributed by atoms with Crippen LogP contribution in [0.1, 0.15) is 84.6 Å². The first-order valence-corrected chi connectivity index (χ1v) is 15.2. The van der Waals surface area contributed by atoms with E-state index < -0.39 is 0 Å². The van der Waals surface area contributed by atoms with Gasteiger partial charge in [0.2, 0.25) is 0 Å². The summed E-state index contributed by atoms with van der Waals surface area (Å²) in [7, 11) is 1.03. The Morgan fingerprint density at radius 2 is 1.32 bits per heavy atom. The minimum absolute atomic E-state index is 0.0203. The molecule has 0 spiro atoms. The lowest BCUT2D eigenvalue weighted by Crippen LogP contribution is -2.40. The highest BCUT2D eigenvalue weighted by atomic mass is 32.1. The molecule has 0 aliphatic rings. The third kappa shape index (κ3) is 7.85. The fourth-order valence-electron chi connectivity index (χ4n) is 4.38. The van der Waals surface area contributed by atoms with Crippen molar-refractivity contribution in [3.05, 3.63) is 66.2 Å². The van der Waals surface area contributed by atoms with Crippen molar-refractivity contribution in [2.24, 2.45) is 5.92 Å². The molecule has 3 aromatic rings.